The van der Waals surface area contributed by atoms with Gasteiger partial charge < -0.3 is 9.47 Å². The second kappa shape index (κ2) is 6.64. The number of methoxy groups -OCH3 is 1. The molecule has 2 aromatic rings. The zero-order chi connectivity index (χ0) is 15.5. The molecule has 114 valence electrons. The van der Waals surface area contributed by atoms with Gasteiger partial charge in [-0.2, -0.15) is 0 Å². The van der Waals surface area contributed by atoms with E-state index in [9.17, 15) is 8.42 Å². The highest BCUT2D eigenvalue weighted by atomic mass is 79.9. The standard InChI is InChI=1S/C14H16BrNO4S/c1-11-8-14(15)16(10-11)21(17,18)13-5-3-4-12(9-13)20-7-6-19-2/h3-5,8-10H,6-7H2,1-2H3. The lowest BCUT2D eigenvalue weighted by atomic mass is 10.3. The van der Waals surface area contributed by atoms with Crippen LogP contribution in [0.5, 0.6) is 5.75 Å². The van der Waals surface area contributed by atoms with Crippen LogP contribution in [0.4, 0.5) is 0 Å². The van der Waals surface area contributed by atoms with Gasteiger partial charge in [0.15, 0.2) is 0 Å². The predicted molar refractivity (Wildman–Crippen MR) is 83.3 cm³/mol. The maximum Gasteiger partial charge on any atom is 0.268 e. The Morgan fingerprint density at radius 3 is 2.62 bits per heavy atom. The third-order valence-electron chi connectivity index (χ3n) is 2.80. The van der Waals surface area contributed by atoms with Crippen LogP contribution < -0.4 is 4.74 Å². The third kappa shape index (κ3) is 3.66. The van der Waals surface area contributed by atoms with E-state index in [1.54, 1.807) is 37.6 Å². The van der Waals surface area contributed by atoms with Gasteiger partial charge >= 0.3 is 0 Å². The Kier molecular flexibility index (Phi) is 5.08. The molecule has 0 amide bonds. The van der Waals surface area contributed by atoms with Crippen molar-refractivity contribution in [3.63, 3.8) is 0 Å². The summed E-state index contributed by atoms with van der Waals surface area (Å²) in [6.45, 7) is 2.65. The Bertz CT molecular complexity index is 724. The Morgan fingerprint density at radius 1 is 1.24 bits per heavy atom. The number of halogens is 1. The molecule has 1 heterocycles. The lowest BCUT2D eigenvalue weighted by Gasteiger charge is -2.10. The van der Waals surface area contributed by atoms with Gasteiger partial charge in [-0.3, -0.25) is 0 Å². The van der Waals surface area contributed by atoms with E-state index in [0.717, 1.165) is 5.56 Å². The van der Waals surface area contributed by atoms with Gasteiger partial charge in [0, 0.05) is 19.4 Å². The van der Waals surface area contributed by atoms with Crippen LogP contribution in [0.15, 0.2) is 46.0 Å². The van der Waals surface area contributed by atoms with Crippen molar-refractivity contribution in [2.75, 3.05) is 20.3 Å². The van der Waals surface area contributed by atoms with Crippen molar-refractivity contribution in [1.82, 2.24) is 3.97 Å². The van der Waals surface area contributed by atoms with Gasteiger partial charge in [0.1, 0.15) is 12.4 Å². The van der Waals surface area contributed by atoms with E-state index in [1.807, 2.05) is 6.92 Å². The van der Waals surface area contributed by atoms with E-state index in [0.29, 0.717) is 23.6 Å². The molecule has 0 fully saturated rings. The number of ether oxygens (including phenoxy) is 2. The smallest absolute Gasteiger partial charge is 0.268 e. The summed E-state index contributed by atoms with van der Waals surface area (Å²) in [6, 6.07) is 8.16. The average molecular weight is 374 g/mol. The van der Waals surface area contributed by atoms with Crippen LogP contribution in [0.25, 0.3) is 0 Å². The van der Waals surface area contributed by atoms with Gasteiger partial charge in [-0.1, -0.05) is 6.07 Å². The molecule has 5 nitrogen and oxygen atoms in total. The molecule has 21 heavy (non-hydrogen) atoms. The minimum atomic E-state index is -3.64. The summed E-state index contributed by atoms with van der Waals surface area (Å²) in [5, 5.41) is 0. The zero-order valence-corrected chi connectivity index (χ0v) is 14.1. The van der Waals surface area contributed by atoms with E-state index in [-0.39, 0.29) is 4.90 Å². The van der Waals surface area contributed by atoms with E-state index in [1.165, 1.54) is 10.0 Å². The van der Waals surface area contributed by atoms with E-state index >= 15 is 0 Å². The van der Waals surface area contributed by atoms with E-state index in [2.05, 4.69) is 15.9 Å². The number of hydrogen-bond acceptors (Lipinski definition) is 4. The van der Waals surface area contributed by atoms with Crippen molar-refractivity contribution >= 4 is 26.0 Å². The lowest BCUT2D eigenvalue weighted by Crippen LogP contribution is -2.12. The molecule has 0 bridgehead atoms. The summed E-state index contributed by atoms with van der Waals surface area (Å²) in [7, 11) is -2.06. The number of benzene rings is 1. The molecule has 7 heteroatoms. The van der Waals surface area contributed by atoms with Crippen LogP contribution >= 0.6 is 15.9 Å². The van der Waals surface area contributed by atoms with Crippen molar-refractivity contribution in [3.05, 3.63) is 46.7 Å². The van der Waals surface area contributed by atoms with Crippen molar-refractivity contribution in [1.29, 1.82) is 0 Å². The predicted octanol–water partition coefficient (Wildman–Crippen LogP) is 2.82. The molecule has 0 spiro atoms. The number of aromatic nitrogens is 1. The van der Waals surface area contributed by atoms with Gasteiger partial charge in [-0.15, -0.1) is 0 Å². The van der Waals surface area contributed by atoms with Crippen molar-refractivity contribution in [2.45, 2.75) is 11.8 Å². The van der Waals surface area contributed by atoms with Crippen LogP contribution in [0.3, 0.4) is 0 Å². The lowest BCUT2D eigenvalue weighted by molar-refractivity contribution is 0.146. The average Bonchev–Trinajstić information content (AvgIpc) is 2.79. The highest BCUT2D eigenvalue weighted by Crippen LogP contribution is 2.24. The molecule has 0 unspecified atom stereocenters. The summed E-state index contributed by atoms with van der Waals surface area (Å²) in [6.07, 6.45) is 1.57. The van der Waals surface area contributed by atoms with Crippen molar-refractivity contribution < 1.29 is 17.9 Å². The number of nitrogens with zero attached hydrogens (tertiary/aromatic N) is 1. The quantitative estimate of drug-likeness (QED) is 0.730. The van der Waals surface area contributed by atoms with Gasteiger partial charge in [0.25, 0.3) is 10.0 Å². The molecule has 0 N–H and O–H groups in total. The SMILES string of the molecule is COCCOc1cccc(S(=O)(=O)n2cc(C)cc2Br)c1. The first-order chi connectivity index (χ1) is 9.95. The Morgan fingerprint density at radius 2 is 2.00 bits per heavy atom. The minimum absolute atomic E-state index is 0.175. The Hall–Kier alpha value is -1.31. The number of hydrogen-bond donors (Lipinski definition) is 0. The maximum atomic E-state index is 12.6. The van der Waals surface area contributed by atoms with Crippen LogP contribution in [0.2, 0.25) is 0 Å². The molecule has 0 aliphatic heterocycles. The topological polar surface area (TPSA) is 57.5 Å². The second-order valence-corrected chi connectivity index (χ2v) is 7.08. The Labute approximate surface area is 132 Å². The first-order valence-corrected chi connectivity index (χ1v) is 8.50. The van der Waals surface area contributed by atoms with Gasteiger partial charge in [0.2, 0.25) is 0 Å². The fourth-order valence-electron chi connectivity index (χ4n) is 1.80. The zero-order valence-electron chi connectivity index (χ0n) is 11.7. The molecule has 0 aliphatic rings. The summed E-state index contributed by atoms with van der Waals surface area (Å²) in [5.74, 6) is 0.494. The third-order valence-corrected chi connectivity index (χ3v) is 5.31. The number of aryl methyl sites for hydroxylation is 1. The van der Waals surface area contributed by atoms with Gasteiger partial charge in [0.05, 0.1) is 16.1 Å². The summed E-state index contributed by atoms with van der Waals surface area (Å²) in [4.78, 5) is 0.175. The highest BCUT2D eigenvalue weighted by Gasteiger charge is 2.19. The number of rotatable bonds is 6. The first kappa shape index (κ1) is 16.1. The van der Waals surface area contributed by atoms with Crippen molar-refractivity contribution in [3.8, 4) is 5.75 Å². The molecule has 2 rings (SSSR count). The maximum absolute atomic E-state index is 12.6. The molecule has 0 aliphatic carbocycles. The van der Waals surface area contributed by atoms with Crippen LogP contribution in [0.1, 0.15) is 5.56 Å². The molecule has 0 saturated heterocycles. The van der Waals surface area contributed by atoms with Gasteiger partial charge in [-0.25, -0.2) is 12.4 Å². The van der Waals surface area contributed by atoms with Gasteiger partial charge in [-0.05, 0) is 46.6 Å². The molecule has 0 saturated carbocycles. The van der Waals surface area contributed by atoms with E-state index in [4.69, 9.17) is 9.47 Å². The summed E-state index contributed by atoms with van der Waals surface area (Å²) < 4.78 is 37.2. The van der Waals surface area contributed by atoms with Crippen molar-refractivity contribution in [2.24, 2.45) is 0 Å². The van der Waals surface area contributed by atoms with Crippen LogP contribution in [-0.2, 0) is 14.8 Å². The monoisotopic (exact) mass is 373 g/mol. The summed E-state index contributed by atoms with van der Waals surface area (Å²) in [5.41, 5.74) is 0.859. The molecule has 0 atom stereocenters. The second-order valence-electron chi connectivity index (χ2n) is 4.46. The van der Waals surface area contributed by atoms with Crippen LogP contribution in [0, 0.1) is 6.92 Å². The minimum Gasteiger partial charge on any atom is -0.491 e. The highest BCUT2D eigenvalue weighted by molar-refractivity contribution is 9.10. The fourth-order valence-corrected chi connectivity index (χ4v) is 4.17. The van der Waals surface area contributed by atoms with Crippen LogP contribution in [-0.4, -0.2) is 32.7 Å². The summed E-state index contributed by atoms with van der Waals surface area (Å²) >= 11 is 3.26. The molecular weight excluding hydrogens is 358 g/mol. The Balaban J connectivity index is 2.32. The largest absolute Gasteiger partial charge is 0.491 e. The molecule has 1 aromatic heterocycles. The normalized spacial score (nSPS) is 11.6. The van der Waals surface area contributed by atoms with E-state index < -0.39 is 10.0 Å². The molecule has 0 radical (unpaired) electrons. The fraction of sp³-hybridized carbons (Fsp3) is 0.286. The molecule has 1 aromatic carbocycles. The first-order valence-electron chi connectivity index (χ1n) is 6.27. The molecular formula is C14H16BrNO4S.